The third-order valence-electron chi connectivity index (χ3n) is 0.795. The summed E-state index contributed by atoms with van der Waals surface area (Å²) >= 11 is 0. The molecule has 0 rings (SSSR count). The van der Waals surface area contributed by atoms with Gasteiger partial charge in [-0.3, -0.25) is 14.4 Å². The van der Waals surface area contributed by atoms with Crippen LogP contribution >= 0.6 is 0 Å². The van der Waals surface area contributed by atoms with Crippen LogP contribution in [0.2, 0.25) is 0 Å². The molecule has 0 aliphatic heterocycles. The molecule has 11 heavy (non-hydrogen) atoms. The third-order valence-corrected chi connectivity index (χ3v) is 0.795. The van der Waals surface area contributed by atoms with Gasteiger partial charge in [0.2, 0.25) is 0 Å². The van der Waals surface area contributed by atoms with Gasteiger partial charge in [0.05, 0.1) is 6.42 Å². The molecule has 0 aromatic heterocycles. The molecule has 0 spiro atoms. The zero-order chi connectivity index (χ0) is 8.15. The second-order valence-corrected chi connectivity index (χ2v) is 1.99. The van der Waals surface area contributed by atoms with Crippen LogP contribution in [0.1, 0.15) is 19.8 Å². The van der Waals surface area contributed by atoms with Gasteiger partial charge in [-0.05, 0) is 6.92 Å². The molecule has 0 amide bonds. The Balaban J connectivity index is 0. The number of carbonyl (C=O) groups is 3. The molecule has 0 bridgehead atoms. The maximum Gasteiger partial charge on any atom is 0.310 e. The fourth-order valence-electron chi connectivity index (χ4n) is 0.509. The normalized spacial score (nSPS) is 8.09. The van der Waals surface area contributed by atoms with Crippen molar-refractivity contribution < 1.29 is 52.2 Å². The first-order valence-electron chi connectivity index (χ1n) is 2.75. The van der Waals surface area contributed by atoms with Gasteiger partial charge in [0, 0.05) is 32.7 Å². The van der Waals surface area contributed by atoms with Crippen LogP contribution in [-0.4, -0.2) is 22.6 Å². The van der Waals surface area contributed by atoms with Crippen LogP contribution in [0.4, 0.5) is 0 Å². The van der Waals surface area contributed by atoms with Crippen molar-refractivity contribution in [2.75, 3.05) is 0 Å². The number of carbonyl (C=O) groups excluding carboxylic acids is 2. The molecule has 1 radical (unpaired) electrons. The SMILES string of the molecule is CC(=O)CC(=O)CC(=O)O.[Y]. The molecule has 59 valence electrons. The van der Waals surface area contributed by atoms with Crippen LogP contribution in [0, 0.1) is 0 Å². The maximum atomic E-state index is 10.5. The topological polar surface area (TPSA) is 71.4 Å². The monoisotopic (exact) mass is 233 g/mol. The molecule has 0 aliphatic rings. The van der Waals surface area contributed by atoms with Crippen molar-refractivity contribution in [3.63, 3.8) is 0 Å². The summed E-state index contributed by atoms with van der Waals surface area (Å²) in [6, 6.07) is 0. The largest absolute Gasteiger partial charge is 0.481 e. The van der Waals surface area contributed by atoms with Crippen molar-refractivity contribution in [2.24, 2.45) is 0 Å². The van der Waals surface area contributed by atoms with E-state index in [1.807, 2.05) is 0 Å². The summed E-state index contributed by atoms with van der Waals surface area (Å²) in [5.74, 6) is -2.03. The van der Waals surface area contributed by atoms with Crippen LogP contribution in [0.5, 0.6) is 0 Å². The summed E-state index contributed by atoms with van der Waals surface area (Å²) in [4.78, 5) is 30.5. The summed E-state index contributed by atoms with van der Waals surface area (Å²) in [5, 5.41) is 8.06. The van der Waals surface area contributed by atoms with E-state index in [1.165, 1.54) is 6.92 Å². The molecule has 0 aromatic rings. The molecule has 0 fully saturated rings. The molecule has 0 atom stereocenters. The van der Waals surface area contributed by atoms with Gasteiger partial charge in [-0.15, -0.1) is 0 Å². The predicted octanol–water partition coefficient (Wildman–Crippen LogP) is 0.00680. The molecule has 0 aromatic carbocycles. The predicted molar refractivity (Wildman–Crippen MR) is 32.6 cm³/mol. The first kappa shape index (κ1) is 13.5. The molecule has 1 N–H and O–H groups in total. The van der Waals surface area contributed by atoms with E-state index in [-0.39, 0.29) is 44.9 Å². The number of hydrogen-bond donors (Lipinski definition) is 1. The van der Waals surface area contributed by atoms with Crippen molar-refractivity contribution in [1.82, 2.24) is 0 Å². The third kappa shape index (κ3) is 9.91. The van der Waals surface area contributed by atoms with Crippen LogP contribution in [0.3, 0.4) is 0 Å². The minimum atomic E-state index is -1.19. The standard InChI is InChI=1S/C6H8O4.Y/c1-4(7)2-5(8)3-6(9)10;/h2-3H2,1H3,(H,9,10);. The minimum absolute atomic E-state index is 0. The van der Waals surface area contributed by atoms with Gasteiger partial charge in [0.15, 0.2) is 5.78 Å². The van der Waals surface area contributed by atoms with Crippen LogP contribution in [0.15, 0.2) is 0 Å². The summed E-state index contributed by atoms with van der Waals surface area (Å²) in [6.45, 7) is 1.25. The zero-order valence-corrected chi connectivity index (χ0v) is 9.00. The summed E-state index contributed by atoms with van der Waals surface area (Å²) < 4.78 is 0. The van der Waals surface area contributed by atoms with Gasteiger partial charge in [-0.1, -0.05) is 0 Å². The van der Waals surface area contributed by atoms with E-state index in [0.717, 1.165) is 0 Å². The molecule has 0 saturated carbocycles. The van der Waals surface area contributed by atoms with Crippen LogP contribution < -0.4 is 0 Å². The van der Waals surface area contributed by atoms with E-state index in [0.29, 0.717) is 0 Å². The fraction of sp³-hybridized carbons (Fsp3) is 0.500. The number of rotatable bonds is 4. The summed E-state index contributed by atoms with van der Waals surface area (Å²) in [5.41, 5.74) is 0. The van der Waals surface area contributed by atoms with E-state index in [1.54, 1.807) is 0 Å². The smallest absolute Gasteiger partial charge is 0.310 e. The quantitative estimate of drug-likeness (QED) is 0.694. The molecule has 0 heterocycles. The minimum Gasteiger partial charge on any atom is -0.481 e. The van der Waals surface area contributed by atoms with E-state index in [4.69, 9.17) is 5.11 Å². The van der Waals surface area contributed by atoms with Crippen molar-refractivity contribution in [1.29, 1.82) is 0 Å². The molecule has 0 unspecified atom stereocenters. The van der Waals surface area contributed by atoms with Crippen LogP contribution in [-0.2, 0) is 47.1 Å². The zero-order valence-electron chi connectivity index (χ0n) is 6.16. The van der Waals surface area contributed by atoms with Gasteiger partial charge >= 0.3 is 5.97 Å². The van der Waals surface area contributed by atoms with Crippen molar-refractivity contribution in [2.45, 2.75) is 19.8 Å². The summed E-state index contributed by atoms with van der Waals surface area (Å²) in [6.07, 6.45) is -0.828. The number of hydrogen-bond acceptors (Lipinski definition) is 3. The Kier molecular flexibility index (Phi) is 8.12. The Morgan fingerprint density at radius 2 is 1.64 bits per heavy atom. The summed E-state index contributed by atoms with van der Waals surface area (Å²) in [7, 11) is 0. The number of ketones is 2. The Hall–Kier alpha value is -0.0861. The van der Waals surface area contributed by atoms with Crippen molar-refractivity contribution in [3.05, 3.63) is 0 Å². The number of carboxylic acids is 1. The first-order chi connectivity index (χ1) is 4.52. The molecule has 4 nitrogen and oxygen atoms in total. The second kappa shape index (κ2) is 6.61. The van der Waals surface area contributed by atoms with E-state index in [2.05, 4.69) is 0 Å². The molecular formula is C6H8O4Y. The number of carboxylic acid groups (broad SMARTS) is 1. The molecule has 0 aliphatic carbocycles. The Labute approximate surface area is 89.2 Å². The number of Topliss-reactive ketones (excluding diaryl/α,β-unsaturated/α-hetero) is 2. The van der Waals surface area contributed by atoms with Crippen molar-refractivity contribution >= 4 is 17.5 Å². The first-order valence-corrected chi connectivity index (χ1v) is 2.75. The van der Waals surface area contributed by atoms with Gasteiger partial charge in [0.1, 0.15) is 12.2 Å². The van der Waals surface area contributed by atoms with Gasteiger partial charge in [-0.2, -0.15) is 0 Å². The average Bonchev–Trinajstić information content (AvgIpc) is 1.58. The Morgan fingerprint density at radius 1 is 1.18 bits per heavy atom. The number of aliphatic carboxylic acids is 1. The molecule has 5 heteroatoms. The van der Waals surface area contributed by atoms with Crippen molar-refractivity contribution in [3.8, 4) is 0 Å². The molecule has 0 saturated heterocycles. The van der Waals surface area contributed by atoms with E-state index >= 15 is 0 Å². The Bertz CT molecular complexity index is 157. The Morgan fingerprint density at radius 3 is 1.91 bits per heavy atom. The molecular weight excluding hydrogens is 225 g/mol. The van der Waals surface area contributed by atoms with Gasteiger partial charge in [0.25, 0.3) is 0 Å². The van der Waals surface area contributed by atoms with Gasteiger partial charge in [-0.25, -0.2) is 0 Å². The van der Waals surface area contributed by atoms with E-state index in [9.17, 15) is 14.4 Å². The average molecular weight is 233 g/mol. The maximum absolute atomic E-state index is 10.5. The van der Waals surface area contributed by atoms with E-state index < -0.39 is 18.2 Å². The van der Waals surface area contributed by atoms with Gasteiger partial charge < -0.3 is 5.11 Å². The second-order valence-electron chi connectivity index (χ2n) is 1.99. The fourth-order valence-corrected chi connectivity index (χ4v) is 0.509. The van der Waals surface area contributed by atoms with Crippen LogP contribution in [0.25, 0.3) is 0 Å².